The molecule has 0 spiro atoms. The summed E-state index contributed by atoms with van der Waals surface area (Å²) in [6.45, 7) is 7.70. The van der Waals surface area contributed by atoms with Crippen LogP contribution in [0.15, 0.2) is 11.1 Å². The first-order valence-corrected chi connectivity index (χ1v) is 5.68. The Bertz CT molecular complexity index is 224. The van der Waals surface area contributed by atoms with Gasteiger partial charge in [-0.2, -0.15) is 0 Å². The number of esters is 1. The molecule has 0 saturated carbocycles. The van der Waals surface area contributed by atoms with Gasteiger partial charge in [0.05, 0.1) is 0 Å². The second-order valence-corrected chi connectivity index (χ2v) is 3.84. The van der Waals surface area contributed by atoms with E-state index in [2.05, 4.69) is 13.8 Å². The van der Waals surface area contributed by atoms with E-state index < -0.39 is 6.23 Å². The summed E-state index contributed by atoms with van der Waals surface area (Å²) >= 11 is 0. The highest BCUT2D eigenvalue weighted by molar-refractivity contribution is 5.88. The molecular weight excluding hydrogens is 190 g/mol. The first-order valence-electron chi connectivity index (χ1n) is 5.68. The minimum Gasteiger partial charge on any atom is -0.444 e. The lowest BCUT2D eigenvalue weighted by atomic mass is 10.0. The summed E-state index contributed by atoms with van der Waals surface area (Å²) in [6.07, 6.45) is 3.51. The lowest BCUT2D eigenvalue weighted by Crippen LogP contribution is -2.24. The summed E-state index contributed by atoms with van der Waals surface area (Å²) in [5.41, 5.74) is 7.35. The van der Waals surface area contributed by atoms with Crippen molar-refractivity contribution < 1.29 is 9.53 Å². The molecule has 0 aromatic rings. The molecule has 3 heteroatoms. The zero-order valence-electron chi connectivity index (χ0n) is 10.3. The smallest absolute Gasteiger partial charge is 0.335 e. The van der Waals surface area contributed by atoms with Gasteiger partial charge in [0.15, 0.2) is 0 Å². The number of carbonyl (C=O) groups excluding carboxylic acids is 1. The first kappa shape index (κ1) is 14.2. The largest absolute Gasteiger partial charge is 0.444 e. The SMILES string of the molecule is CCCC(CCC)=C(C)C(=O)OC(C)N. The van der Waals surface area contributed by atoms with Gasteiger partial charge in [0.2, 0.25) is 0 Å². The Labute approximate surface area is 92.7 Å². The van der Waals surface area contributed by atoms with E-state index in [4.69, 9.17) is 10.5 Å². The molecule has 0 aliphatic rings. The third kappa shape index (κ3) is 5.57. The van der Waals surface area contributed by atoms with Crippen LogP contribution in [0.4, 0.5) is 0 Å². The van der Waals surface area contributed by atoms with Crippen LogP contribution in [0.25, 0.3) is 0 Å². The summed E-state index contributed by atoms with van der Waals surface area (Å²) in [7, 11) is 0. The Balaban J connectivity index is 4.59. The van der Waals surface area contributed by atoms with E-state index >= 15 is 0 Å². The Morgan fingerprint density at radius 1 is 1.27 bits per heavy atom. The molecule has 0 fully saturated rings. The number of ether oxygens (including phenoxy) is 1. The van der Waals surface area contributed by atoms with Crippen LogP contribution in [-0.4, -0.2) is 12.2 Å². The maximum absolute atomic E-state index is 11.6. The van der Waals surface area contributed by atoms with Crippen molar-refractivity contribution in [2.24, 2.45) is 5.73 Å². The molecule has 88 valence electrons. The minimum absolute atomic E-state index is 0.276. The van der Waals surface area contributed by atoms with Gasteiger partial charge in [-0.15, -0.1) is 0 Å². The Hall–Kier alpha value is -0.830. The average molecular weight is 213 g/mol. The van der Waals surface area contributed by atoms with Crippen molar-refractivity contribution in [2.45, 2.75) is 59.6 Å². The fourth-order valence-electron chi connectivity index (χ4n) is 1.51. The summed E-state index contributed by atoms with van der Waals surface area (Å²) in [5.74, 6) is -0.276. The lowest BCUT2D eigenvalue weighted by molar-refractivity contribution is -0.143. The number of allylic oxidation sites excluding steroid dienone is 1. The molecule has 0 aromatic carbocycles. The van der Waals surface area contributed by atoms with E-state index in [9.17, 15) is 4.79 Å². The van der Waals surface area contributed by atoms with Crippen LogP contribution in [-0.2, 0) is 9.53 Å². The van der Waals surface area contributed by atoms with Gasteiger partial charge < -0.3 is 4.74 Å². The van der Waals surface area contributed by atoms with Crippen LogP contribution in [0.1, 0.15) is 53.4 Å². The molecule has 1 unspecified atom stereocenters. The zero-order valence-corrected chi connectivity index (χ0v) is 10.3. The van der Waals surface area contributed by atoms with Gasteiger partial charge in [0, 0.05) is 5.57 Å². The van der Waals surface area contributed by atoms with Crippen molar-refractivity contribution in [3.63, 3.8) is 0 Å². The van der Waals surface area contributed by atoms with Crippen molar-refractivity contribution in [1.82, 2.24) is 0 Å². The number of carbonyl (C=O) groups is 1. The van der Waals surface area contributed by atoms with Crippen molar-refractivity contribution in [1.29, 1.82) is 0 Å². The van der Waals surface area contributed by atoms with Crippen LogP contribution in [0.2, 0.25) is 0 Å². The van der Waals surface area contributed by atoms with E-state index in [1.54, 1.807) is 6.92 Å². The Kier molecular flexibility index (Phi) is 7.05. The third-order valence-electron chi connectivity index (χ3n) is 2.23. The number of hydrogen-bond acceptors (Lipinski definition) is 3. The molecule has 2 N–H and O–H groups in total. The van der Waals surface area contributed by atoms with Crippen LogP contribution in [0.5, 0.6) is 0 Å². The quantitative estimate of drug-likeness (QED) is 0.419. The van der Waals surface area contributed by atoms with Crippen LogP contribution < -0.4 is 5.73 Å². The van der Waals surface area contributed by atoms with E-state index in [0.717, 1.165) is 31.3 Å². The van der Waals surface area contributed by atoms with Gasteiger partial charge in [-0.1, -0.05) is 32.3 Å². The highest BCUT2D eigenvalue weighted by Gasteiger charge is 2.12. The number of hydrogen-bond donors (Lipinski definition) is 1. The highest BCUT2D eigenvalue weighted by atomic mass is 16.6. The second kappa shape index (κ2) is 7.46. The summed E-state index contributed by atoms with van der Waals surface area (Å²) in [4.78, 5) is 11.6. The number of rotatable bonds is 6. The van der Waals surface area contributed by atoms with Crippen molar-refractivity contribution >= 4 is 5.97 Å². The van der Waals surface area contributed by atoms with Crippen molar-refractivity contribution in [3.8, 4) is 0 Å². The second-order valence-electron chi connectivity index (χ2n) is 3.84. The molecule has 15 heavy (non-hydrogen) atoms. The van der Waals surface area contributed by atoms with E-state index in [1.165, 1.54) is 5.57 Å². The molecule has 0 aromatic heterocycles. The topological polar surface area (TPSA) is 52.3 Å². The normalized spacial score (nSPS) is 12.1. The molecule has 0 aliphatic heterocycles. The van der Waals surface area contributed by atoms with Gasteiger partial charge in [0.1, 0.15) is 6.23 Å². The fourth-order valence-corrected chi connectivity index (χ4v) is 1.51. The van der Waals surface area contributed by atoms with Gasteiger partial charge in [-0.25, -0.2) is 4.79 Å². The minimum atomic E-state index is -0.531. The first-order chi connectivity index (χ1) is 7.02. The van der Waals surface area contributed by atoms with Crippen LogP contribution >= 0.6 is 0 Å². The van der Waals surface area contributed by atoms with Gasteiger partial charge in [0.25, 0.3) is 0 Å². The molecule has 3 nitrogen and oxygen atoms in total. The van der Waals surface area contributed by atoms with Crippen molar-refractivity contribution in [3.05, 3.63) is 11.1 Å². The van der Waals surface area contributed by atoms with Gasteiger partial charge >= 0.3 is 5.97 Å². The summed E-state index contributed by atoms with van der Waals surface area (Å²) in [6, 6.07) is 0. The molecule has 0 aliphatic carbocycles. The summed E-state index contributed by atoms with van der Waals surface area (Å²) in [5, 5.41) is 0. The number of nitrogens with two attached hydrogens (primary N) is 1. The van der Waals surface area contributed by atoms with E-state index in [-0.39, 0.29) is 5.97 Å². The standard InChI is InChI=1S/C12H23NO2/c1-5-7-11(8-6-2)9(3)12(14)15-10(4)13/h10H,5-8,13H2,1-4H3. The molecular formula is C12H23NO2. The molecule has 0 radical (unpaired) electrons. The Morgan fingerprint density at radius 2 is 1.73 bits per heavy atom. The van der Waals surface area contributed by atoms with E-state index in [0.29, 0.717) is 0 Å². The molecule has 0 heterocycles. The zero-order chi connectivity index (χ0) is 11.8. The summed E-state index contributed by atoms with van der Waals surface area (Å²) < 4.78 is 4.97. The maximum atomic E-state index is 11.6. The van der Waals surface area contributed by atoms with Crippen LogP contribution in [0.3, 0.4) is 0 Å². The molecule has 1 atom stereocenters. The maximum Gasteiger partial charge on any atom is 0.335 e. The predicted molar refractivity (Wildman–Crippen MR) is 62.3 cm³/mol. The molecule has 0 amide bonds. The van der Waals surface area contributed by atoms with Crippen molar-refractivity contribution in [2.75, 3.05) is 0 Å². The molecule has 0 rings (SSSR count). The average Bonchev–Trinajstić information content (AvgIpc) is 2.15. The Morgan fingerprint density at radius 3 is 2.07 bits per heavy atom. The fraction of sp³-hybridized carbons (Fsp3) is 0.750. The third-order valence-corrected chi connectivity index (χ3v) is 2.23. The predicted octanol–water partition coefficient (Wildman–Crippen LogP) is 2.75. The van der Waals surface area contributed by atoms with Crippen LogP contribution in [0, 0.1) is 0 Å². The van der Waals surface area contributed by atoms with Gasteiger partial charge in [-0.05, 0) is 26.7 Å². The lowest BCUT2D eigenvalue weighted by Gasteiger charge is -2.12. The monoisotopic (exact) mass is 213 g/mol. The van der Waals surface area contributed by atoms with E-state index in [1.807, 2.05) is 6.92 Å². The molecule has 0 saturated heterocycles. The highest BCUT2D eigenvalue weighted by Crippen LogP contribution is 2.18. The molecule has 0 bridgehead atoms. The van der Waals surface area contributed by atoms with Gasteiger partial charge in [-0.3, -0.25) is 5.73 Å².